The van der Waals surface area contributed by atoms with Crippen LogP contribution in [-0.2, 0) is 13.8 Å². The van der Waals surface area contributed by atoms with Gasteiger partial charge in [-0.25, -0.2) is 12.8 Å². The number of carbonyl (C=O) groups is 1. The maximum atomic E-state index is 13.6. The SMILES string of the molecule is CCOC(C)CNC(=O)c1cc(S(=O)(=O)Cl)c(F)cc1Br. The van der Waals surface area contributed by atoms with E-state index in [9.17, 15) is 17.6 Å². The highest BCUT2D eigenvalue weighted by Crippen LogP contribution is 2.26. The highest BCUT2D eigenvalue weighted by molar-refractivity contribution is 9.10. The highest BCUT2D eigenvalue weighted by atomic mass is 79.9. The van der Waals surface area contributed by atoms with Gasteiger partial charge < -0.3 is 10.1 Å². The molecule has 0 saturated carbocycles. The van der Waals surface area contributed by atoms with Crippen molar-refractivity contribution in [1.82, 2.24) is 5.32 Å². The van der Waals surface area contributed by atoms with Crippen molar-refractivity contribution in [2.24, 2.45) is 0 Å². The van der Waals surface area contributed by atoms with Crippen LogP contribution in [0.15, 0.2) is 21.5 Å². The third-order valence-corrected chi connectivity index (χ3v) is 4.52. The molecule has 0 radical (unpaired) electrons. The fraction of sp³-hybridized carbons (Fsp3) is 0.417. The number of hydrogen-bond acceptors (Lipinski definition) is 4. The standard InChI is InChI=1S/C12H14BrClFNO4S/c1-3-20-7(2)6-16-12(17)8-4-11(21(14,18)19)10(15)5-9(8)13/h4-5,7H,3,6H2,1-2H3,(H,16,17). The highest BCUT2D eigenvalue weighted by Gasteiger charge is 2.21. The first-order valence-electron chi connectivity index (χ1n) is 6.00. The van der Waals surface area contributed by atoms with E-state index in [1.54, 1.807) is 6.92 Å². The Morgan fingerprint density at radius 3 is 2.67 bits per heavy atom. The van der Waals surface area contributed by atoms with Gasteiger partial charge in [-0.1, -0.05) is 0 Å². The van der Waals surface area contributed by atoms with Gasteiger partial charge in [0, 0.05) is 28.3 Å². The maximum Gasteiger partial charge on any atom is 0.264 e. The molecule has 21 heavy (non-hydrogen) atoms. The van der Waals surface area contributed by atoms with Crippen LogP contribution in [0.4, 0.5) is 4.39 Å². The summed E-state index contributed by atoms with van der Waals surface area (Å²) in [6, 6.07) is 1.78. The summed E-state index contributed by atoms with van der Waals surface area (Å²) in [6.45, 7) is 4.34. The Labute approximate surface area is 135 Å². The number of ether oxygens (including phenoxy) is 1. The van der Waals surface area contributed by atoms with Crippen LogP contribution < -0.4 is 5.32 Å². The van der Waals surface area contributed by atoms with Gasteiger partial charge >= 0.3 is 0 Å². The van der Waals surface area contributed by atoms with Crippen molar-refractivity contribution < 1.29 is 22.3 Å². The minimum atomic E-state index is -4.27. The van der Waals surface area contributed by atoms with E-state index in [0.717, 1.165) is 12.1 Å². The molecule has 1 aromatic rings. The van der Waals surface area contributed by atoms with Crippen molar-refractivity contribution in [2.75, 3.05) is 13.2 Å². The van der Waals surface area contributed by atoms with Gasteiger partial charge in [-0.2, -0.15) is 0 Å². The third kappa shape index (κ3) is 5.21. The molecule has 0 fully saturated rings. The number of carbonyl (C=O) groups excluding carboxylic acids is 1. The summed E-state index contributed by atoms with van der Waals surface area (Å²) in [5.41, 5.74) is -0.0284. The summed E-state index contributed by atoms with van der Waals surface area (Å²) in [4.78, 5) is 11.3. The lowest BCUT2D eigenvalue weighted by molar-refractivity contribution is 0.0694. The number of nitrogens with one attached hydrogen (secondary N) is 1. The first-order chi connectivity index (χ1) is 9.66. The van der Waals surface area contributed by atoms with Crippen molar-refractivity contribution in [3.8, 4) is 0 Å². The molecule has 0 bridgehead atoms. The van der Waals surface area contributed by atoms with Gasteiger partial charge in [0.1, 0.15) is 10.7 Å². The van der Waals surface area contributed by atoms with Crippen LogP contribution in [0.5, 0.6) is 0 Å². The Balaban J connectivity index is 3.00. The smallest absolute Gasteiger partial charge is 0.264 e. The van der Waals surface area contributed by atoms with Crippen LogP contribution in [0.25, 0.3) is 0 Å². The molecule has 0 heterocycles. The van der Waals surface area contributed by atoms with E-state index in [-0.39, 0.29) is 22.7 Å². The number of benzene rings is 1. The van der Waals surface area contributed by atoms with Crippen molar-refractivity contribution in [3.63, 3.8) is 0 Å². The van der Waals surface area contributed by atoms with E-state index in [2.05, 4.69) is 21.2 Å². The second-order valence-electron chi connectivity index (χ2n) is 4.18. The Hall–Kier alpha value is -0.700. The van der Waals surface area contributed by atoms with Crippen LogP contribution >= 0.6 is 26.6 Å². The summed E-state index contributed by atoms with van der Waals surface area (Å²) in [6.07, 6.45) is -0.200. The van der Waals surface area contributed by atoms with Gasteiger partial charge in [-0.05, 0) is 41.9 Å². The average Bonchev–Trinajstić information content (AvgIpc) is 2.34. The summed E-state index contributed by atoms with van der Waals surface area (Å²) in [5.74, 6) is -1.59. The molecule has 5 nitrogen and oxygen atoms in total. The minimum absolute atomic E-state index is 0.0284. The summed E-state index contributed by atoms with van der Waals surface area (Å²) in [5, 5.41) is 2.57. The monoisotopic (exact) mass is 401 g/mol. The molecule has 1 unspecified atom stereocenters. The van der Waals surface area contributed by atoms with Gasteiger partial charge in [0.25, 0.3) is 15.0 Å². The van der Waals surface area contributed by atoms with E-state index < -0.39 is 25.7 Å². The van der Waals surface area contributed by atoms with E-state index in [1.807, 2.05) is 6.92 Å². The quantitative estimate of drug-likeness (QED) is 0.743. The molecular weight excluding hydrogens is 389 g/mol. The first kappa shape index (κ1) is 18.3. The maximum absolute atomic E-state index is 13.6. The molecule has 9 heteroatoms. The lowest BCUT2D eigenvalue weighted by Gasteiger charge is -2.13. The molecule has 118 valence electrons. The van der Waals surface area contributed by atoms with E-state index in [4.69, 9.17) is 15.4 Å². The molecule has 0 aliphatic carbocycles. The number of halogens is 3. The Kier molecular flexibility index (Phi) is 6.58. The van der Waals surface area contributed by atoms with Crippen LogP contribution in [0.2, 0.25) is 0 Å². The van der Waals surface area contributed by atoms with E-state index in [1.165, 1.54) is 0 Å². The van der Waals surface area contributed by atoms with Crippen molar-refractivity contribution in [3.05, 3.63) is 28.0 Å². The zero-order chi connectivity index (χ0) is 16.2. The average molecular weight is 403 g/mol. The summed E-state index contributed by atoms with van der Waals surface area (Å²) < 4.78 is 41.4. The van der Waals surface area contributed by atoms with Gasteiger partial charge in [-0.3, -0.25) is 4.79 Å². The lowest BCUT2D eigenvalue weighted by atomic mass is 10.2. The minimum Gasteiger partial charge on any atom is -0.377 e. The van der Waals surface area contributed by atoms with Gasteiger partial charge in [0.05, 0.1) is 11.7 Å². The number of amides is 1. The first-order valence-corrected chi connectivity index (χ1v) is 9.10. The molecule has 1 rings (SSSR count). The second-order valence-corrected chi connectivity index (χ2v) is 7.57. The van der Waals surface area contributed by atoms with Gasteiger partial charge in [0.15, 0.2) is 0 Å². The molecule has 1 amide bonds. The molecular formula is C12H14BrClFNO4S. The second kappa shape index (κ2) is 7.53. The van der Waals surface area contributed by atoms with Crippen molar-refractivity contribution in [2.45, 2.75) is 24.8 Å². The van der Waals surface area contributed by atoms with Gasteiger partial charge in [0.2, 0.25) is 0 Å². The molecule has 1 N–H and O–H groups in total. The van der Waals surface area contributed by atoms with E-state index >= 15 is 0 Å². The third-order valence-electron chi connectivity index (χ3n) is 2.53. The fourth-order valence-electron chi connectivity index (χ4n) is 1.57. The zero-order valence-electron chi connectivity index (χ0n) is 11.3. The molecule has 0 aromatic heterocycles. The number of rotatable bonds is 6. The number of hydrogen-bond donors (Lipinski definition) is 1. The van der Waals surface area contributed by atoms with Crippen LogP contribution in [0, 0.1) is 5.82 Å². The fourth-order valence-corrected chi connectivity index (χ4v) is 2.97. The predicted molar refractivity (Wildman–Crippen MR) is 80.6 cm³/mol. The molecule has 1 aromatic carbocycles. The predicted octanol–water partition coefficient (Wildman–Crippen LogP) is 2.67. The molecule has 1 atom stereocenters. The molecule has 0 saturated heterocycles. The Morgan fingerprint density at radius 1 is 1.52 bits per heavy atom. The van der Waals surface area contributed by atoms with Crippen LogP contribution in [-0.4, -0.2) is 33.6 Å². The summed E-state index contributed by atoms with van der Waals surface area (Å²) >= 11 is 3.02. The largest absolute Gasteiger partial charge is 0.377 e. The van der Waals surface area contributed by atoms with Gasteiger partial charge in [-0.15, -0.1) is 0 Å². The van der Waals surface area contributed by atoms with Crippen molar-refractivity contribution >= 4 is 41.6 Å². The summed E-state index contributed by atoms with van der Waals surface area (Å²) in [7, 11) is 0.852. The van der Waals surface area contributed by atoms with Crippen LogP contribution in [0.1, 0.15) is 24.2 Å². The Bertz CT molecular complexity index is 638. The normalized spacial score (nSPS) is 13.0. The van der Waals surface area contributed by atoms with E-state index in [0.29, 0.717) is 6.61 Å². The zero-order valence-corrected chi connectivity index (χ0v) is 14.5. The topological polar surface area (TPSA) is 72.5 Å². The molecule has 0 aliphatic rings. The molecule has 0 spiro atoms. The van der Waals surface area contributed by atoms with Crippen LogP contribution in [0.3, 0.4) is 0 Å². The Morgan fingerprint density at radius 2 is 2.14 bits per heavy atom. The lowest BCUT2D eigenvalue weighted by Crippen LogP contribution is -2.32. The van der Waals surface area contributed by atoms with Crippen molar-refractivity contribution in [1.29, 1.82) is 0 Å². The molecule has 0 aliphatic heterocycles.